The van der Waals surface area contributed by atoms with Crippen LogP contribution in [0.4, 0.5) is 0 Å². The molecule has 1 heteroatoms. The van der Waals surface area contributed by atoms with Gasteiger partial charge in [0.1, 0.15) is 0 Å². The Morgan fingerprint density at radius 1 is 0.750 bits per heavy atom. The van der Waals surface area contributed by atoms with Crippen molar-refractivity contribution >= 4 is 0 Å². The minimum Gasteiger partial charge on any atom is -0.385 e. The second kappa shape index (κ2) is 4.87. The van der Waals surface area contributed by atoms with Gasteiger partial charge in [0.2, 0.25) is 0 Å². The van der Waals surface area contributed by atoms with Gasteiger partial charge in [-0.3, -0.25) is 0 Å². The van der Waals surface area contributed by atoms with E-state index in [2.05, 4.69) is 32.9 Å². The molecule has 1 nitrogen and oxygen atoms in total. The first-order valence-electron chi connectivity index (χ1n) is 8.25. The Kier molecular flexibility index (Phi) is 3.44. The summed E-state index contributed by atoms with van der Waals surface area (Å²) in [5, 5.41) is 11.2. The van der Waals surface area contributed by atoms with Gasteiger partial charge in [-0.2, -0.15) is 0 Å². The molecular weight excluding hydrogens is 244 g/mol. The molecule has 2 fully saturated rings. The number of hydrogen-bond acceptors (Lipinski definition) is 1. The van der Waals surface area contributed by atoms with Gasteiger partial charge in [-0.1, -0.05) is 25.0 Å². The van der Waals surface area contributed by atoms with Crippen molar-refractivity contribution in [3.8, 4) is 0 Å². The lowest BCUT2D eigenvalue weighted by atomic mass is 9.65. The summed E-state index contributed by atoms with van der Waals surface area (Å²) < 4.78 is 0. The van der Waals surface area contributed by atoms with E-state index in [-0.39, 0.29) is 0 Å². The summed E-state index contributed by atoms with van der Waals surface area (Å²) in [4.78, 5) is 0. The molecule has 0 heterocycles. The zero-order chi connectivity index (χ0) is 14.4. The Balaban J connectivity index is 1.85. The quantitative estimate of drug-likeness (QED) is 0.768. The first-order chi connectivity index (χ1) is 9.44. The lowest BCUT2D eigenvalue weighted by Gasteiger charge is -2.43. The Bertz CT molecular complexity index is 499. The zero-order valence-corrected chi connectivity index (χ0v) is 13.3. The molecule has 3 rings (SSSR count). The minimum absolute atomic E-state index is 0.573. The van der Waals surface area contributed by atoms with Crippen molar-refractivity contribution in [3.63, 3.8) is 0 Å². The molecule has 0 unspecified atom stereocenters. The maximum atomic E-state index is 11.2. The molecular formula is C19H28O. The number of hydrogen-bond donors (Lipinski definition) is 1. The first-order valence-corrected chi connectivity index (χ1v) is 8.25. The van der Waals surface area contributed by atoms with Crippen LogP contribution in [-0.4, -0.2) is 5.11 Å². The summed E-state index contributed by atoms with van der Waals surface area (Å²) in [6.45, 7) is 6.47. The van der Waals surface area contributed by atoms with Crippen molar-refractivity contribution in [3.05, 3.63) is 34.4 Å². The van der Waals surface area contributed by atoms with Gasteiger partial charge in [0, 0.05) is 0 Å². The molecule has 1 spiro atoms. The molecule has 0 aliphatic heterocycles. The van der Waals surface area contributed by atoms with Crippen molar-refractivity contribution in [2.45, 2.75) is 77.7 Å². The largest absolute Gasteiger partial charge is 0.385 e. The average Bonchev–Trinajstić information content (AvgIpc) is 2.87. The maximum Gasteiger partial charge on any atom is 0.0899 e. The normalized spacial score (nSPS) is 24.2. The second-order valence-electron chi connectivity index (χ2n) is 7.49. The highest BCUT2D eigenvalue weighted by atomic mass is 16.3. The molecule has 2 aliphatic carbocycles. The van der Waals surface area contributed by atoms with Gasteiger partial charge in [-0.15, -0.1) is 0 Å². The average molecular weight is 272 g/mol. The van der Waals surface area contributed by atoms with E-state index in [0.717, 1.165) is 12.8 Å². The lowest BCUT2D eigenvalue weighted by molar-refractivity contribution is -0.0381. The third-order valence-electron chi connectivity index (χ3n) is 6.14. The molecule has 2 saturated carbocycles. The minimum atomic E-state index is -0.573. The van der Waals surface area contributed by atoms with Crippen LogP contribution < -0.4 is 0 Å². The molecule has 1 N–H and O–H groups in total. The molecule has 0 amide bonds. The molecule has 1 aromatic rings. The van der Waals surface area contributed by atoms with Crippen molar-refractivity contribution in [2.75, 3.05) is 0 Å². The number of benzene rings is 1. The van der Waals surface area contributed by atoms with E-state index in [1.54, 1.807) is 0 Å². The van der Waals surface area contributed by atoms with Crippen LogP contribution in [0.15, 0.2) is 12.1 Å². The fourth-order valence-electron chi connectivity index (χ4n) is 4.55. The monoisotopic (exact) mass is 272 g/mol. The van der Waals surface area contributed by atoms with Gasteiger partial charge in [0.05, 0.1) is 5.60 Å². The summed E-state index contributed by atoms with van der Waals surface area (Å²) in [7, 11) is 0. The SMILES string of the molecule is Cc1cc(C)c(C2(O)CCC3(CCCC3)CC2)cc1C. The predicted octanol–water partition coefficient (Wildman–Crippen LogP) is 4.93. The van der Waals surface area contributed by atoms with E-state index in [1.165, 1.54) is 60.8 Å². The van der Waals surface area contributed by atoms with Gasteiger partial charge in [0.25, 0.3) is 0 Å². The number of rotatable bonds is 1. The second-order valence-corrected chi connectivity index (χ2v) is 7.49. The van der Waals surface area contributed by atoms with Gasteiger partial charge < -0.3 is 5.11 Å². The number of aryl methyl sites for hydroxylation is 3. The Hall–Kier alpha value is -0.820. The first kappa shape index (κ1) is 14.1. The highest BCUT2D eigenvalue weighted by molar-refractivity contribution is 5.40. The molecule has 0 saturated heterocycles. The van der Waals surface area contributed by atoms with Gasteiger partial charge >= 0.3 is 0 Å². The van der Waals surface area contributed by atoms with Crippen LogP contribution in [0.1, 0.15) is 73.6 Å². The smallest absolute Gasteiger partial charge is 0.0899 e. The summed E-state index contributed by atoms with van der Waals surface area (Å²) >= 11 is 0. The van der Waals surface area contributed by atoms with E-state index >= 15 is 0 Å². The van der Waals surface area contributed by atoms with Crippen LogP contribution >= 0.6 is 0 Å². The summed E-state index contributed by atoms with van der Waals surface area (Å²) in [6.07, 6.45) is 9.95. The van der Waals surface area contributed by atoms with E-state index in [0.29, 0.717) is 5.41 Å². The molecule has 1 aromatic carbocycles. The van der Waals surface area contributed by atoms with Gasteiger partial charge in [-0.05, 0) is 87.0 Å². The van der Waals surface area contributed by atoms with Crippen LogP contribution in [0, 0.1) is 26.2 Å². The fraction of sp³-hybridized carbons (Fsp3) is 0.684. The van der Waals surface area contributed by atoms with Crippen LogP contribution in [-0.2, 0) is 5.60 Å². The van der Waals surface area contributed by atoms with Crippen LogP contribution in [0.2, 0.25) is 0 Å². The molecule has 0 aromatic heterocycles. The summed E-state index contributed by atoms with van der Waals surface area (Å²) in [6, 6.07) is 4.47. The van der Waals surface area contributed by atoms with Crippen molar-refractivity contribution in [2.24, 2.45) is 5.41 Å². The zero-order valence-electron chi connectivity index (χ0n) is 13.3. The van der Waals surface area contributed by atoms with Crippen molar-refractivity contribution in [1.29, 1.82) is 0 Å². The van der Waals surface area contributed by atoms with Crippen LogP contribution in [0.3, 0.4) is 0 Å². The molecule has 0 radical (unpaired) electrons. The van der Waals surface area contributed by atoms with E-state index < -0.39 is 5.60 Å². The van der Waals surface area contributed by atoms with Gasteiger partial charge in [-0.25, -0.2) is 0 Å². The summed E-state index contributed by atoms with van der Waals surface area (Å²) in [5.74, 6) is 0. The van der Waals surface area contributed by atoms with E-state index in [1.807, 2.05) is 0 Å². The van der Waals surface area contributed by atoms with Crippen molar-refractivity contribution in [1.82, 2.24) is 0 Å². The lowest BCUT2D eigenvalue weighted by Crippen LogP contribution is -2.36. The van der Waals surface area contributed by atoms with Crippen molar-refractivity contribution < 1.29 is 5.11 Å². The third kappa shape index (κ3) is 2.30. The molecule has 20 heavy (non-hydrogen) atoms. The predicted molar refractivity (Wildman–Crippen MR) is 83.9 cm³/mol. The molecule has 110 valence electrons. The van der Waals surface area contributed by atoms with Gasteiger partial charge in [0.15, 0.2) is 0 Å². The standard InChI is InChI=1S/C19H28O/c1-14-12-16(3)17(13-15(14)2)19(20)10-8-18(9-11-19)6-4-5-7-18/h12-13,20H,4-11H2,1-3H3. The highest BCUT2D eigenvalue weighted by Crippen LogP contribution is 2.53. The maximum absolute atomic E-state index is 11.2. The fourth-order valence-corrected chi connectivity index (χ4v) is 4.55. The molecule has 0 atom stereocenters. The van der Waals surface area contributed by atoms with Crippen LogP contribution in [0.5, 0.6) is 0 Å². The Morgan fingerprint density at radius 3 is 1.90 bits per heavy atom. The Morgan fingerprint density at radius 2 is 1.30 bits per heavy atom. The third-order valence-corrected chi connectivity index (χ3v) is 6.14. The van der Waals surface area contributed by atoms with E-state index in [4.69, 9.17) is 0 Å². The Labute approximate surface area is 123 Å². The highest BCUT2D eigenvalue weighted by Gasteiger charge is 2.44. The molecule has 2 aliphatic rings. The van der Waals surface area contributed by atoms with E-state index in [9.17, 15) is 5.11 Å². The topological polar surface area (TPSA) is 20.2 Å². The summed E-state index contributed by atoms with van der Waals surface area (Å²) in [5.41, 5.74) is 5.10. The van der Waals surface area contributed by atoms with Crippen LogP contribution in [0.25, 0.3) is 0 Å². The molecule has 0 bridgehead atoms. The number of aliphatic hydroxyl groups is 1.